The number of amides is 1. The molecule has 4 rings (SSSR count). The molecule has 33 heavy (non-hydrogen) atoms. The summed E-state index contributed by atoms with van der Waals surface area (Å²) in [4.78, 5) is 31.0. The second-order valence-corrected chi connectivity index (χ2v) is 7.12. The molecule has 2 aromatic carbocycles. The van der Waals surface area contributed by atoms with Gasteiger partial charge in [-0.3, -0.25) is 19.5 Å². The summed E-state index contributed by atoms with van der Waals surface area (Å²) in [6.45, 7) is 0. The molecule has 1 aliphatic rings. The van der Waals surface area contributed by atoms with Crippen LogP contribution in [0.1, 0.15) is 17.2 Å². The van der Waals surface area contributed by atoms with Crippen LogP contribution in [-0.2, 0) is 9.59 Å². The third kappa shape index (κ3) is 3.78. The number of aliphatic hydroxyl groups is 1. The summed E-state index contributed by atoms with van der Waals surface area (Å²) >= 11 is 0. The maximum absolute atomic E-state index is 14.0. The van der Waals surface area contributed by atoms with Crippen LogP contribution in [0.25, 0.3) is 5.76 Å². The molecule has 1 aliphatic heterocycles. The SMILES string of the molecule is COc1ccc(/C(O)=C2\C(=O)C(=O)N(c3ccc(F)c(F)c3)C2c2ccncc2)cc1OC. The van der Waals surface area contributed by atoms with Crippen molar-refractivity contribution in [2.24, 2.45) is 0 Å². The molecule has 168 valence electrons. The number of carbonyl (C=O) groups is 2. The molecule has 7 nitrogen and oxygen atoms in total. The highest BCUT2D eigenvalue weighted by atomic mass is 19.2. The number of hydrogen-bond acceptors (Lipinski definition) is 6. The number of aromatic nitrogens is 1. The van der Waals surface area contributed by atoms with Gasteiger partial charge in [0.05, 0.1) is 25.8 Å². The molecular formula is C24H18F2N2O5. The van der Waals surface area contributed by atoms with E-state index in [2.05, 4.69) is 4.98 Å². The molecule has 3 aromatic rings. The minimum Gasteiger partial charge on any atom is -0.507 e. The summed E-state index contributed by atoms with van der Waals surface area (Å²) in [7, 11) is 2.87. The lowest BCUT2D eigenvalue weighted by atomic mass is 9.95. The first-order valence-electron chi connectivity index (χ1n) is 9.75. The predicted molar refractivity (Wildman–Crippen MR) is 115 cm³/mol. The van der Waals surface area contributed by atoms with Crippen molar-refractivity contribution >= 4 is 23.1 Å². The molecule has 0 aliphatic carbocycles. The number of ether oxygens (including phenoxy) is 2. The summed E-state index contributed by atoms with van der Waals surface area (Å²) in [5, 5.41) is 11.1. The summed E-state index contributed by atoms with van der Waals surface area (Å²) in [5.74, 6) is -4.00. The second kappa shape index (κ2) is 8.70. The predicted octanol–water partition coefficient (Wildman–Crippen LogP) is 4.00. The molecule has 1 amide bonds. The summed E-state index contributed by atoms with van der Waals surface area (Å²) < 4.78 is 37.9. The highest BCUT2D eigenvalue weighted by Crippen LogP contribution is 2.43. The van der Waals surface area contributed by atoms with E-state index in [-0.39, 0.29) is 16.8 Å². The van der Waals surface area contributed by atoms with Crippen LogP contribution in [0, 0.1) is 11.6 Å². The fourth-order valence-electron chi connectivity index (χ4n) is 3.73. The maximum atomic E-state index is 14.0. The molecule has 2 heterocycles. The van der Waals surface area contributed by atoms with Gasteiger partial charge in [0, 0.05) is 29.7 Å². The summed E-state index contributed by atoms with van der Waals surface area (Å²) in [5.41, 5.74) is 0.387. The van der Waals surface area contributed by atoms with Crippen molar-refractivity contribution in [1.82, 2.24) is 4.98 Å². The zero-order valence-corrected chi connectivity index (χ0v) is 17.6. The average Bonchev–Trinajstić information content (AvgIpc) is 3.10. The lowest BCUT2D eigenvalue weighted by Crippen LogP contribution is -2.29. The fourth-order valence-corrected chi connectivity index (χ4v) is 3.73. The van der Waals surface area contributed by atoms with Crippen molar-refractivity contribution < 1.29 is 33.0 Å². The molecule has 1 atom stereocenters. The molecule has 1 fully saturated rings. The largest absolute Gasteiger partial charge is 0.507 e. The molecule has 0 saturated carbocycles. The zero-order chi connectivity index (χ0) is 23.7. The van der Waals surface area contributed by atoms with Crippen LogP contribution < -0.4 is 14.4 Å². The van der Waals surface area contributed by atoms with Crippen molar-refractivity contribution in [3.63, 3.8) is 0 Å². The number of benzene rings is 2. The van der Waals surface area contributed by atoms with Crippen LogP contribution in [0.5, 0.6) is 11.5 Å². The second-order valence-electron chi connectivity index (χ2n) is 7.12. The smallest absolute Gasteiger partial charge is 0.300 e. The quantitative estimate of drug-likeness (QED) is 0.358. The van der Waals surface area contributed by atoms with E-state index in [1.807, 2.05) is 0 Å². The molecule has 1 aromatic heterocycles. The van der Waals surface area contributed by atoms with E-state index in [0.717, 1.165) is 17.0 Å². The number of ketones is 1. The normalized spacial score (nSPS) is 17.3. The minimum atomic E-state index is -1.18. The van der Waals surface area contributed by atoms with E-state index in [0.29, 0.717) is 17.1 Å². The van der Waals surface area contributed by atoms with Crippen molar-refractivity contribution in [3.05, 3.63) is 89.3 Å². The van der Waals surface area contributed by atoms with E-state index in [9.17, 15) is 23.5 Å². The van der Waals surface area contributed by atoms with Gasteiger partial charge in [-0.15, -0.1) is 0 Å². The minimum absolute atomic E-state index is 0.0378. The molecule has 1 N–H and O–H groups in total. The van der Waals surface area contributed by atoms with Gasteiger partial charge in [-0.05, 0) is 48.0 Å². The van der Waals surface area contributed by atoms with E-state index < -0.39 is 35.1 Å². The highest BCUT2D eigenvalue weighted by molar-refractivity contribution is 6.51. The molecule has 9 heteroatoms. The molecule has 1 unspecified atom stereocenters. The number of carbonyl (C=O) groups excluding carboxylic acids is 2. The van der Waals surface area contributed by atoms with Gasteiger partial charge in [0.1, 0.15) is 5.76 Å². The van der Waals surface area contributed by atoms with Crippen LogP contribution in [-0.4, -0.2) is 36.0 Å². The first-order valence-corrected chi connectivity index (χ1v) is 9.75. The Morgan fingerprint density at radius 2 is 1.64 bits per heavy atom. The van der Waals surface area contributed by atoms with Crippen LogP contribution in [0.4, 0.5) is 14.5 Å². The Bertz CT molecular complexity index is 1280. The first kappa shape index (κ1) is 21.9. The fraction of sp³-hybridized carbons (Fsp3) is 0.125. The number of rotatable bonds is 5. The average molecular weight is 452 g/mol. The third-order valence-corrected chi connectivity index (χ3v) is 5.30. The van der Waals surface area contributed by atoms with Gasteiger partial charge in [0.25, 0.3) is 11.7 Å². The van der Waals surface area contributed by atoms with Crippen molar-refractivity contribution in [3.8, 4) is 11.5 Å². The highest BCUT2D eigenvalue weighted by Gasteiger charge is 2.47. The van der Waals surface area contributed by atoms with Crippen LogP contribution in [0.15, 0.2) is 66.5 Å². The number of nitrogens with zero attached hydrogens (tertiary/aromatic N) is 2. The number of pyridine rings is 1. The van der Waals surface area contributed by atoms with Crippen molar-refractivity contribution in [1.29, 1.82) is 0 Å². The van der Waals surface area contributed by atoms with Crippen LogP contribution in [0.3, 0.4) is 0 Å². The molecule has 1 saturated heterocycles. The molecule has 0 radical (unpaired) electrons. The maximum Gasteiger partial charge on any atom is 0.300 e. The van der Waals surface area contributed by atoms with Gasteiger partial charge in [-0.1, -0.05) is 0 Å². The summed E-state index contributed by atoms with van der Waals surface area (Å²) in [6, 6.07) is 9.40. The number of hydrogen-bond donors (Lipinski definition) is 1. The first-order chi connectivity index (χ1) is 15.9. The Balaban J connectivity index is 1.94. The monoisotopic (exact) mass is 452 g/mol. The number of anilines is 1. The molecule has 0 spiro atoms. The Morgan fingerprint density at radius 1 is 0.939 bits per heavy atom. The molecular weight excluding hydrogens is 434 g/mol. The Kier molecular flexibility index (Phi) is 5.78. The lowest BCUT2D eigenvalue weighted by Gasteiger charge is -2.25. The topological polar surface area (TPSA) is 89.0 Å². The van der Waals surface area contributed by atoms with Crippen LogP contribution in [0.2, 0.25) is 0 Å². The lowest BCUT2D eigenvalue weighted by molar-refractivity contribution is -0.132. The van der Waals surface area contributed by atoms with E-state index in [1.54, 1.807) is 18.2 Å². The number of Topliss-reactive ketones (excluding diaryl/α,β-unsaturated/α-hetero) is 1. The van der Waals surface area contributed by atoms with Crippen LogP contribution >= 0.6 is 0 Å². The Labute approximate surface area is 187 Å². The number of methoxy groups -OCH3 is 2. The van der Waals surface area contributed by atoms with Crippen molar-refractivity contribution in [2.45, 2.75) is 6.04 Å². The molecule has 0 bridgehead atoms. The van der Waals surface area contributed by atoms with Gasteiger partial charge in [-0.2, -0.15) is 0 Å². The van der Waals surface area contributed by atoms with Gasteiger partial charge in [0.15, 0.2) is 23.1 Å². The Morgan fingerprint density at radius 3 is 2.27 bits per heavy atom. The van der Waals surface area contributed by atoms with Gasteiger partial charge >= 0.3 is 0 Å². The van der Waals surface area contributed by atoms with Gasteiger partial charge in [-0.25, -0.2) is 8.78 Å². The van der Waals surface area contributed by atoms with Gasteiger partial charge < -0.3 is 14.6 Å². The summed E-state index contributed by atoms with van der Waals surface area (Å²) in [6.07, 6.45) is 2.91. The number of halogens is 2. The van der Waals surface area contributed by atoms with E-state index in [4.69, 9.17) is 9.47 Å². The standard InChI is InChI=1S/C24H18F2N2O5/c1-32-18-6-3-14(11-19(18)33-2)22(29)20-21(13-7-9-27-10-8-13)28(24(31)23(20)30)15-4-5-16(25)17(26)12-15/h3-12,21,29H,1-2H3/b22-20+. The Hall–Kier alpha value is -4.27. The van der Waals surface area contributed by atoms with E-state index in [1.165, 1.54) is 44.8 Å². The third-order valence-electron chi connectivity index (χ3n) is 5.30. The van der Waals surface area contributed by atoms with Crippen molar-refractivity contribution in [2.75, 3.05) is 19.1 Å². The zero-order valence-electron chi connectivity index (χ0n) is 17.6. The number of aliphatic hydroxyl groups excluding tert-OH is 1. The van der Waals surface area contributed by atoms with Gasteiger partial charge in [0.2, 0.25) is 0 Å². The van der Waals surface area contributed by atoms with E-state index >= 15 is 0 Å².